The van der Waals surface area contributed by atoms with E-state index >= 15 is 4.39 Å². The average Bonchev–Trinajstić information content (AvgIpc) is 3.40. The summed E-state index contributed by atoms with van der Waals surface area (Å²) in [6.07, 6.45) is 5.29. The Balaban J connectivity index is 1.97. The number of halogens is 2. The molecule has 0 radical (unpaired) electrons. The van der Waals surface area contributed by atoms with Gasteiger partial charge in [-0.1, -0.05) is 57.5 Å². The van der Waals surface area contributed by atoms with Gasteiger partial charge in [-0.15, -0.1) is 0 Å². The first-order chi connectivity index (χ1) is 23.0. The van der Waals surface area contributed by atoms with Gasteiger partial charge in [-0.2, -0.15) is 11.8 Å². The van der Waals surface area contributed by atoms with Gasteiger partial charge in [0, 0.05) is 37.7 Å². The van der Waals surface area contributed by atoms with E-state index in [9.17, 15) is 18.8 Å². The first-order valence-corrected chi connectivity index (χ1v) is 18.1. The maximum Gasteiger partial charge on any atom is 0.306 e. The van der Waals surface area contributed by atoms with E-state index in [0.29, 0.717) is 43.9 Å². The third-order valence-corrected chi connectivity index (χ3v) is 8.79. The molecule has 0 saturated heterocycles. The van der Waals surface area contributed by atoms with Crippen LogP contribution in [-0.2, 0) is 25.7 Å². The van der Waals surface area contributed by atoms with Crippen molar-refractivity contribution in [3.05, 3.63) is 77.8 Å². The molecule has 2 aromatic carbocycles. The lowest BCUT2D eigenvalue weighted by molar-refractivity contribution is -0.155. The topological polar surface area (TPSA) is 102 Å². The van der Waals surface area contributed by atoms with Crippen molar-refractivity contribution in [2.75, 3.05) is 18.1 Å². The smallest absolute Gasteiger partial charge is 0.306 e. The molecule has 0 aliphatic carbocycles. The number of rotatable bonds is 18. The highest BCUT2D eigenvalue weighted by molar-refractivity contribution is 7.99. The van der Waals surface area contributed by atoms with E-state index in [2.05, 4.69) is 0 Å². The average molecular weight is 700 g/mol. The number of thioether (sulfide) groups is 1. The number of carbonyl (C=O) groups is 3. The summed E-state index contributed by atoms with van der Waals surface area (Å²) in [6.45, 7) is 12.3. The summed E-state index contributed by atoms with van der Waals surface area (Å²) in [7, 11) is 0. The normalized spacial score (nSPS) is 12.5. The Labute approximate surface area is 293 Å². The minimum absolute atomic E-state index is 0.0365. The van der Waals surface area contributed by atoms with Crippen molar-refractivity contribution in [3.63, 3.8) is 0 Å². The molecule has 1 heterocycles. The fourth-order valence-electron chi connectivity index (χ4n) is 5.61. The SMILES string of the molecule is CC(C)(C)OC(=O)CCCCN(C(=O)CSCCCCCC(=O)O)[C@@H](c1nc(-c2cc(F)ccc2F)cn1Cc1ccccc1)C(C)(C)C. The van der Waals surface area contributed by atoms with Crippen LogP contribution in [0.5, 0.6) is 0 Å². The Kier molecular flexibility index (Phi) is 14.8. The minimum atomic E-state index is -0.813. The predicted molar refractivity (Wildman–Crippen MR) is 190 cm³/mol. The number of benzene rings is 2. The van der Waals surface area contributed by atoms with Crippen LogP contribution in [0.4, 0.5) is 8.78 Å². The van der Waals surface area contributed by atoms with Crippen LogP contribution in [0, 0.1) is 17.0 Å². The maximum atomic E-state index is 15.1. The van der Waals surface area contributed by atoms with Gasteiger partial charge in [-0.25, -0.2) is 13.8 Å². The molecule has 49 heavy (non-hydrogen) atoms. The Morgan fingerprint density at radius 2 is 1.63 bits per heavy atom. The van der Waals surface area contributed by atoms with Gasteiger partial charge in [0.25, 0.3) is 0 Å². The fourth-order valence-corrected chi connectivity index (χ4v) is 6.51. The second kappa shape index (κ2) is 18.3. The number of carboxylic acid groups (broad SMARTS) is 1. The number of carbonyl (C=O) groups excluding carboxylic acids is 2. The number of aliphatic carboxylic acids is 1. The van der Waals surface area contributed by atoms with Crippen LogP contribution in [0.2, 0.25) is 0 Å². The summed E-state index contributed by atoms with van der Waals surface area (Å²) < 4.78 is 36.8. The molecule has 268 valence electrons. The number of aromatic nitrogens is 2. The summed E-state index contributed by atoms with van der Waals surface area (Å²) >= 11 is 1.50. The Bertz CT molecular complexity index is 1530. The molecule has 1 amide bonds. The monoisotopic (exact) mass is 699 g/mol. The first-order valence-electron chi connectivity index (χ1n) is 16.9. The number of esters is 1. The van der Waals surface area contributed by atoms with Crippen molar-refractivity contribution < 1.29 is 33.0 Å². The molecule has 0 aliphatic rings. The number of ether oxygens (including phenoxy) is 1. The van der Waals surface area contributed by atoms with Gasteiger partial charge in [0.15, 0.2) is 0 Å². The number of hydrogen-bond acceptors (Lipinski definition) is 6. The number of unbranched alkanes of at least 4 members (excludes halogenated alkanes) is 3. The van der Waals surface area contributed by atoms with Crippen LogP contribution in [0.3, 0.4) is 0 Å². The zero-order chi connectivity index (χ0) is 36.2. The van der Waals surface area contributed by atoms with Crippen LogP contribution < -0.4 is 0 Å². The van der Waals surface area contributed by atoms with E-state index in [0.717, 1.165) is 36.6 Å². The molecule has 0 unspecified atom stereocenters. The van der Waals surface area contributed by atoms with Crippen LogP contribution in [0.1, 0.15) is 104 Å². The number of nitrogens with zero attached hydrogens (tertiary/aromatic N) is 3. The molecule has 0 spiro atoms. The van der Waals surface area contributed by atoms with Crippen molar-refractivity contribution in [1.29, 1.82) is 0 Å². The lowest BCUT2D eigenvalue weighted by atomic mass is 9.84. The number of carboxylic acids is 1. The molecule has 0 aliphatic heterocycles. The zero-order valence-corrected chi connectivity index (χ0v) is 30.5. The molecule has 1 aromatic heterocycles. The van der Waals surface area contributed by atoms with Gasteiger partial charge >= 0.3 is 11.9 Å². The van der Waals surface area contributed by atoms with Crippen molar-refractivity contribution >= 4 is 29.6 Å². The Hall–Kier alpha value is -3.73. The molecule has 8 nitrogen and oxygen atoms in total. The van der Waals surface area contributed by atoms with Crippen molar-refractivity contribution in [2.24, 2.45) is 5.41 Å². The molecule has 0 saturated carbocycles. The highest BCUT2D eigenvalue weighted by atomic mass is 32.2. The highest BCUT2D eigenvalue weighted by Gasteiger charge is 2.38. The maximum absolute atomic E-state index is 15.1. The summed E-state index contributed by atoms with van der Waals surface area (Å²) in [5.41, 5.74) is 0.170. The third-order valence-electron chi connectivity index (χ3n) is 7.76. The van der Waals surface area contributed by atoms with E-state index in [1.165, 1.54) is 11.8 Å². The number of amides is 1. The lowest BCUT2D eigenvalue weighted by Gasteiger charge is -2.40. The first kappa shape index (κ1) is 39.7. The molecule has 0 fully saturated rings. The quantitative estimate of drug-likeness (QED) is 0.105. The van der Waals surface area contributed by atoms with Crippen LogP contribution >= 0.6 is 11.8 Å². The summed E-state index contributed by atoms with van der Waals surface area (Å²) in [4.78, 5) is 44.2. The van der Waals surface area contributed by atoms with Gasteiger partial charge in [0.1, 0.15) is 23.1 Å². The number of imidazole rings is 1. The van der Waals surface area contributed by atoms with Crippen LogP contribution in [0.25, 0.3) is 11.3 Å². The minimum Gasteiger partial charge on any atom is -0.481 e. The molecular formula is C38H51F2N3O5S. The molecule has 3 aromatic rings. The van der Waals surface area contributed by atoms with Gasteiger partial charge < -0.3 is 19.3 Å². The van der Waals surface area contributed by atoms with Gasteiger partial charge in [-0.05, 0) is 81.4 Å². The summed E-state index contributed by atoms with van der Waals surface area (Å²) in [5, 5.41) is 8.90. The standard InChI is InChI=1S/C38H51F2N3O5S/c1-37(2,3)35(36-41-31(29-23-28(39)19-20-30(29)40)25-42(36)24-27-15-9-7-10-16-27)43(21-13-12-18-34(47)48-38(4,5)6)32(44)26-49-22-14-8-11-17-33(45)46/h7,9-10,15-16,19-20,23,25,35H,8,11-14,17-18,21-22,24,26H2,1-6H3,(H,45,46)/t35-/m0/s1. The van der Waals surface area contributed by atoms with Crippen LogP contribution in [-0.4, -0.2) is 61.1 Å². The second-order valence-corrected chi connectivity index (χ2v) is 15.5. The molecular weight excluding hydrogens is 648 g/mol. The van der Waals surface area contributed by atoms with E-state index in [-0.39, 0.29) is 41.7 Å². The van der Waals surface area contributed by atoms with Gasteiger partial charge in [-0.3, -0.25) is 14.4 Å². The third kappa shape index (κ3) is 13.2. The predicted octanol–water partition coefficient (Wildman–Crippen LogP) is 8.68. The molecule has 3 rings (SSSR count). The Morgan fingerprint density at radius 3 is 2.29 bits per heavy atom. The van der Waals surface area contributed by atoms with Gasteiger partial charge in [0.2, 0.25) is 5.91 Å². The van der Waals surface area contributed by atoms with E-state index in [1.54, 1.807) is 6.20 Å². The van der Waals surface area contributed by atoms with Crippen molar-refractivity contribution in [3.8, 4) is 11.3 Å². The highest BCUT2D eigenvalue weighted by Crippen LogP contribution is 2.40. The molecule has 1 N–H and O–H groups in total. The molecule has 0 bridgehead atoms. The van der Waals surface area contributed by atoms with E-state index in [4.69, 9.17) is 14.8 Å². The van der Waals surface area contributed by atoms with E-state index < -0.39 is 34.7 Å². The Morgan fingerprint density at radius 1 is 0.939 bits per heavy atom. The van der Waals surface area contributed by atoms with Crippen molar-refractivity contribution in [2.45, 2.75) is 105 Å². The molecule has 1 atom stereocenters. The van der Waals surface area contributed by atoms with E-state index in [1.807, 2.05) is 81.3 Å². The second-order valence-electron chi connectivity index (χ2n) is 14.4. The zero-order valence-electron chi connectivity index (χ0n) is 29.6. The molecule has 11 heteroatoms. The van der Waals surface area contributed by atoms with Crippen LogP contribution in [0.15, 0.2) is 54.7 Å². The largest absolute Gasteiger partial charge is 0.481 e. The van der Waals surface area contributed by atoms with Crippen molar-refractivity contribution in [1.82, 2.24) is 14.5 Å². The number of hydrogen-bond donors (Lipinski definition) is 1. The fraction of sp³-hybridized carbons (Fsp3) is 0.526. The van der Waals surface area contributed by atoms with Gasteiger partial charge in [0.05, 0.1) is 17.5 Å². The summed E-state index contributed by atoms with van der Waals surface area (Å²) in [5.74, 6) is -0.908. The summed E-state index contributed by atoms with van der Waals surface area (Å²) in [6, 6.07) is 12.5. The lowest BCUT2D eigenvalue weighted by Crippen LogP contribution is -2.44.